The number of aliphatic carboxylic acids is 2. The smallest absolute Gasteiger partial charge is 0.314 e. The zero-order valence-electron chi connectivity index (χ0n) is 6.90. The Morgan fingerprint density at radius 3 is 1.77 bits per heavy atom. The summed E-state index contributed by atoms with van der Waals surface area (Å²) in [7, 11) is 0. The maximum absolute atomic E-state index is 11.2. The lowest BCUT2D eigenvalue weighted by molar-refractivity contribution is -0.154. The average molecular weight is 186 g/mol. The zero-order chi connectivity index (χ0) is 10.0. The normalized spacial score (nSPS) is 28.5. The molecule has 0 aromatic rings. The van der Waals surface area contributed by atoms with Crippen LogP contribution in [-0.4, -0.2) is 27.9 Å². The second kappa shape index (κ2) is 3.55. The third-order valence-corrected chi connectivity index (χ3v) is 2.27. The first-order chi connectivity index (χ1) is 6.04. The van der Waals surface area contributed by atoms with Crippen molar-refractivity contribution in [2.24, 2.45) is 11.8 Å². The molecule has 72 valence electrons. The summed E-state index contributed by atoms with van der Waals surface area (Å²) in [5.74, 6) is -5.32. The van der Waals surface area contributed by atoms with Crippen LogP contribution in [-0.2, 0) is 14.4 Å². The molecule has 0 saturated heterocycles. The summed E-state index contributed by atoms with van der Waals surface area (Å²) in [5.41, 5.74) is 0. The molecule has 0 radical (unpaired) electrons. The molecule has 1 fully saturated rings. The fraction of sp³-hybridized carbons (Fsp3) is 0.625. The highest BCUT2D eigenvalue weighted by atomic mass is 16.4. The molecule has 0 heterocycles. The number of carboxylic acid groups (broad SMARTS) is 2. The van der Waals surface area contributed by atoms with Crippen LogP contribution in [0.4, 0.5) is 0 Å². The highest BCUT2D eigenvalue weighted by Crippen LogP contribution is 2.26. The Morgan fingerprint density at radius 2 is 1.46 bits per heavy atom. The number of carbonyl (C=O) groups is 3. The second-order valence-electron chi connectivity index (χ2n) is 3.11. The van der Waals surface area contributed by atoms with Crippen molar-refractivity contribution in [3.05, 3.63) is 0 Å². The van der Waals surface area contributed by atoms with E-state index in [2.05, 4.69) is 0 Å². The third kappa shape index (κ3) is 1.85. The standard InChI is InChI=1S/C8H10O5/c9-6-4(7(10)11)2-1-3-5(6)8(12)13/h4-5H,1-3H2,(H,10,11)(H,12,13)/t4-,5-/m1/s1. The number of carbonyl (C=O) groups excluding carboxylic acids is 1. The summed E-state index contributed by atoms with van der Waals surface area (Å²) in [6.45, 7) is 0. The van der Waals surface area contributed by atoms with Crippen LogP contribution >= 0.6 is 0 Å². The first kappa shape index (κ1) is 9.70. The van der Waals surface area contributed by atoms with E-state index in [-0.39, 0.29) is 12.8 Å². The van der Waals surface area contributed by atoms with E-state index >= 15 is 0 Å². The SMILES string of the molecule is O=C(O)[C@@H]1CCC[C@@H](C(=O)O)C1=O. The van der Waals surface area contributed by atoms with Crippen LogP contribution in [0, 0.1) is 11.8 Å². The summed E-state index contributed by atoms with van der Waals surface area (Å²) < 4.78 is 0. The van der Waals surface area contributed by atoms with Gasteiger partial charge in [-0.25, -0.2) is 0 Å². The molecule has 2 N–H and O–H groups in total. The summed E-state index contributed by atoms with van der Waals surface area (Å²) in [5, 5.41) is 17.2. The third-order valence-electron chi connectivity index (χ3n) is 2.27. The monoisotopic (exact) mass is 186 g/mol. The second-order valence-corrected chi connectivity index (χ2v) is 3.11. The van der Waals surface area contributed by atoms with E-state index in [1.165, 1.54) is 0 Å². The van der Waals surface area contributed by atoms with Crippen molar-refractivity contribution in [2.45, 2.75) is 19.3 Å². The van der Waals surface area contributed by atoms with Crippen molar-refractivity contribution in [1.82, 2.24) is 0 Å². The molecule has 1 saturated carbocycles. The molecule has 0 amide bonds. The highest BCUT2D eigenvalue weighted by Gasteiger charge is 2.39. The Labute approximate surface area is 74.4 Å². The van der Waals surface area contributed by atoms with Gasteiger partial charge in [0, 0.05) is 0 Å². The number of carboxylic acids is 2. The molecule has 1 aliphatic carbocycles. The van der Waals surface area contributed by atoms with Gasteiger partial charge in [-0.1, -0.05) is 6.42 Å². The summed E-state index contributed by atoms with van der Waals surface area (Å²) in [6.07, 6.45) is 1.01. The lowest BCUT2D eigenvalue weighted by Crippen LogP contribution is -2.37. The Balaban J connectivity index is 2.77. The molecular formula is C8H10O5. The molecule has 13 heavy (non-hydrogen) atoms. The largest absolute Gasteiger partial charge is 0.481 e. The molecule has 2 atom stereocenters. The maximum atomic E-state index is 11.2. The van der Waals surface area contributed by atoms with Crippen LogP contribution in [0.5, 0.6) is 0 Å². The van der Waals surface area contributed by atoms with Crippen molar-refractivity contribution in [3.8, 4) is 0 Å². The van der Waals surface area contributed by atoms with Crippen molar-refractivity contribution in [1.29, 1.82) is 0 Å². The average Bonchev–Trinajstić information content (AvgIpc) is 2.03. The predicted octanol–water partition coefficient (Wildman–Crippen LogP) is 0.141. The van der Waals surface area contributed by atoms with Crippen LogP contribution in [0.1, 0.15) is 19.3 Å². The first-order valence-electron chi connectivity index (χ1n) is 4.03. The van der Waals surface area contributed by atoms with E-state index in [0.29, 0.717) is 6.42 Å². The molecule has 0 bridgehead atoms. The summed E-state index contributed by atoms with van der Waals surface area (Å²) in [6, 6.07) is 0. The Kier molecular flexibility index (Phi) is 2.65. The van der Waals surface area contributed by atoms with E-state index < -0.39 is 29.6 Å². The molecule has 0 aromatic heterocycles. The minimum atomic E-state index is -1.21. The number of hydrogen-bond acceptors (Lipinski definition) is 3. The van der Waals surface area contributed by atoms with Crippen LogP contribution < -0.4 is 0 Å². The topological polar surface area (TPSA) is 91.7 Å². The van der Waals surface area contributed by atoms with Crippen LogP contribution in [0.15, 0.2) is 0 Å². The number of rotatable bonds is 2. The van der Waals surface area contributed by atoms with E-state index in [1.54, 1.807) is 0 Å². The van der Waals surface area contributed by atoms with Crippen molar-refractivity contribution < 1.29 is 24.6 Å². The van der Waals surface area contributed by atoms with Crippen LogP contribution in [0.25, 0.3) is 0 Å². The van der Waals surface area contributed by atoms with Crippen molar-refractivity contribution >= 4 is 17.7 Å². The lowest BCUT2D eigenvalue weighted by atomic mass is 9.80. The van der Waals surface area contributed by atoms with Gasteiger partial charge < -0.3 is 10.2 Å². The van der Waals surface area contributed by atoms with Gasteiger partial charge in [-0.05, 0) is 12.8 Å². The van der Waals surface area contributed by atoms with E-state index in [0.717, 1.165) is 0 Å². The molecule has 0 aromatic carbocycles. The minimum Gasteiger partial charge on any atom is -0.481 e. The fourth-order valence-corrected chi connectivity index (χ4v) is 1.54. The summed E-state index contributed by atoms with van der Waals surface area (Å²) in [4.78, 5) is 32.3. The Morgan fingerprint density at radius 1 is 1.08 bits per heavy atom. The fourth-order valence-electron chi connectivity index (χ4n) is 1.54. The van der Waals surface area contributed by atoms with Gasteiger partial charge in [0.05, 0.1) is 0 Å². The minimum absolute atomic E-state index is 0.262. The van der Waals surface area contributed by atoms with E-state index in [1.807, 2.05) is 0 Å². The quantitative estimate of drug-likeness (QED) is 0.598. The van der Waals surface area contributed by atoms with Gasteiger partial charge in [0.15, 0.2) is 5.78 Å². The van der Waals surface area contributed by atoms with Gasteiger partial charge in [0.25, 0.3) is 0 Å². The number of Topliss-reactive ketones (excluding diaryl/α,β-unsaturated/α-hetero) is 1. The number of hydrogen-bond donors (Lipinski definition) is 2. The van der Waals surface area contributed by atoms with Crippen molar-refractivity contribution in [3.63, 3.8) is 0 Å². The highest BCUT2D eigenvalue weighted by molar-refractivity contribution is 6.07. The zero-order valence-corrected chi connectivity index (χ0v) is 6.90. The van der Waals surface area contributed by atoms with Gasteiger partial charge in [-0.3, -0.25) is 14.4 Å². The molecule has 1 aliphatic rings. The van der Waals surface area contributed by atoms with Crippen LogP contribution in [0.3, 0.4) is 0 Å². The Bertz CT molecular complexity index is 233. The molecule has 1 rings (SSSR count). The van der Waals surface area contributed by atoms with Gasteiger partial charge in [-0.2, -0.15) is 0 Å². The van der Waals surface area contributed by atoms with Crippen molar-refractivity contribution in [2.75, 3.05) is 0 Å². The first-order valence-corrected chi connectivity index (χ1v) is 4.03. The predicted molar refractivity (Wildman–Crippen MR) is 41.1 cm³/mol. The lowest BCUT2D eigenvalue weighted by Gasteiger charge is -2.21. The van der Waals surface area contributed by atoms with Gasteiger partial charge in [-0.15, -0.1) is 0 Å². The van der Waals surface area contributed by atoms with E-state index in [4.69, 9.17) is 10.2 Å². The molecule has 0 unspecified atom stereocenters. The van der Waals surface area contributed by atoms with Gasteiger partial charge >= 0.3 is 11.9 Å². The van der Waals surface area contributed by atoms with Gasteiger partial charge in [0.1, 0.15) is 11.8 Å². The van der Waals surface area contributed by atoms with Crippen LogP contribution in [0.2, 0.25) is 0 Å². The molecular weight excluding hydrogens is 176 g/mol. The molecule has 0 aliphatic heterocycles. The molecule has 5 heteroatoms. The van der Waals surface area contributed by atoms with Gasteiger partial charge in [0.2, 0.25) is 0 Å². The molecule has 5 nitrogen and oxygen atoms in total. The Hall–Kier alpha value is -1.39. The molecule has 0 spiro atoms. The summed E-state index contributed by atoms with van der Waals surface area (Å²) >= 11 is 0. The van der Waals surface area contributed by atoms with E-state index in [9.17, 15) is 14.4 Å². The maximum Gasteiger partial charge on any atom is 0.314 e. The number of ketones is 1.